The molecule has 1 aliphatic heterocycles. The Bertz CT molecular complexity index is 973. The molecule has 1 fully saturated rings. The number of hydrogen-bond donors (Lipinski definition) is 1. The number of rotatable bonds is 4. The Labute approximate surface area is 168 Å². The fourth-order valence-electron chi connectivity index (χ4n) is 3.75. The van der Waals surface area contributed by atoms with Gasteiger partial charge in [-0.15, -0.1) is 0 Å². The van der Waals surface area contributed by atoms with E-state index >= 15 is 0 Å². The highest BCUT2D eigenvalue weighted by Gasteiger charge is 2.37. The molecule has 2 aromatic carbocycles. The van der Waals surface area contributed by atoms with Gasteiger partial charge in [0.15, 0.2) is 0 Å². The van der Waals surface area contributed by atoms with Crippen molar-refractivity contribution in [3.8, 4) is 5.75 Å². The zero-order chi connectivity index (χ0) is 19.7. The van der Waals surface area contributed by atoms with E-state index in [2.05, 4.69) is 5.32 Å². The smallest absolute Gasteiger partial charge is 0.244 e. The van der Waals surface area contributed by atoms with Crippen LogP contribution in [0.15, 0.2) is 47.5 Å². The van der Waals surface area contributed by atoms with Crippen molar-refractivity contribution in [1.82, 2.24) is 0 Å². The summed E-state index contributed by atoms with van der Waals surface area (Å²) >= 11 is 6.04. The molecule has 0 spiro atoms. The van der Waals surface area contributed by atoms with Crippen LogP contribution >= 0.6 is 11.6 Å². The van der Waals surface area contributed by atoms with Crippen LogP contribution in [0.3, 0.4) is 0 Å². The van der Waals surface area contributed by atoms with E-state index in [9.17, 15) is 9.59 Å². The summed E-state index contributed by atoms with van der Waals surface area (Å²) < 4.78 is 5.27. The van der Waals surface area contributed by atoms with Crippen LogP contribution in [0, 0.1) is 5.92 Å². The van der Waals surface area contributed by atoms with Crippen molar-refractivity contribution in [2.45, 2.75) is 19.3 Å². The monoisotopic (exact) mass is 397 g/mol. The van der Waals surface area contributed by atoms with E-state index in [-0.39, 0.29) is 24.3 Å². The minimum Gasteiger partial charge on any atom is -0.495 e. The summed E-state index contributed by atoms with van der Waals surface area (Å²) in [6.45, 7) is -0.106. The molecule has 0 bridgehead atoms. The molecule has 0 saturated heterocycles. The molecule has 7 heteroatoms. The van der Waals surface area contributed by atoms with Crippen molar-refractivity contribution in [2.75, 3.05) is 23.9 Å². The maximum atomic E-state index is 13.2. The van der Waals surface area contributed by atoms with Crippen molar-refractivity contribution in [3.05, 3.63) is 47.5 Å². The van der Waals surface area contributed by atoms with Gasteiger partial charge in [0.25, 0.3) is 0 Å². The molecule has 28 heavy (non-hydrogen) atoms. The largest absolute Gasteiger partial charge is 0.495 e. The normalized spacial score (nSPS) is 18.1. The van der Waals surface area contributed by atoms with E-state index in [0.29, 0.717) is 22.1 Å². The van der Waals surface area contributed by atoms with Gasteiger partial charge in [-0.05, 0) is 49.6 Å². The number of carbonyl (C=O) groups excluding carboxylic acids is 2. The molecule has 2 amide bonds. The first-order chi connectivity index (χ1) is 13.6. The lowest BCUT2D eigenvalue weighted by Crippen LogP contribution is -2.41. The number of nitrogens with one attached hydrogen (secondary N) is 1. The van der Waals surface area contributed by atoms with Gasteiger partial charge in [0, 0.05) is 10.7 Å². The van der Waals surface area contributed by atoms with E-state index < -0.39 is 0 Å². The Morgan fingerprint density at radius 1 is 1.32 bits per heavy atom. The summed E-state index contributed by atoms with van der Waals surface area (Å²) in [6.07, 6.45) is 2.54. The molecule has 1 N–H and O–H groups in total. The predicted molar refractivity (Wildman–Crippen MR) is 110 cm³/mol. The van der Waals surface area contributed by atoms with Crippen LogP contribution in [-0.2, 0) is 9.59 Å². The quantitative estimate of drug-likeness (QED) is 0.840. The van der Waals surface area contributed by atoms with E-state index in [4.69, 9.17) is 21.3 Å². The van der Waals surface area contributed by atoms with Crippen LogP contribution < -0.4 is 15.0 Å². The number of amides is 2. The first-order valence-corrected chi connectivity index (χ1v) is 9.56. The van der Waals surface area contributed by atoms with Crippen molar-refractivity contribution in [1.29, 1.82) is 0 Å². The summed E-state index contributed by atoms with van der Waals surface area (Å²) in [5.74, 6) is -0.151. The second kappa shape index (κ2) is 7.64. The van der Waals surface area contributed by atoms with Crippen LogP contribution in [0.25, 0.3) is 0 Å². The number of halogens is 1. The lowest BCUT2D eigenvalue weighted by molar-refractivity contribution is -0.123. The number of carbonyl (C=O) groups is 2. The molecule has 0 radical (unpaired) electrons. The van der Waals surface area contributed by atoms with Crippen LogP contribution in [0.1, 0.15) is 19.3 Å². The molecule has 1 saturated carbocycles. The molecule has 2 aromatic rings. The van der Waals surface area contributed by atoms with Gasteiger partial charge in [-0.2, -0.15) is 0 Å². The number of hydrogen-bond acceptors (Lipinski definition) is 4. The van der Waals surface area contributed by atoms with Crippen molar-refractivity contribution in [3.63, 3.8) is 0 Å². The average molecular weight is 398 g/mol. The molecule has 144 valence electrons. The molecule has 6 nitrogen and oxygen atoms in total. The topological polar surface area (TPSA) is 71.0 Å². The van der Waals surface area contributed by atoms with E-state index in [1.165, 1.54) is 12.0 Å². The average Bonchev–Trinajstić information content (AvgIpc) is 3.11. The molecule has 0 aromatic heterocycles. The molecule has 1 atom stereocenters. The Balaban J connectivity index is 1.61. The maximum Gasteiger partial charge on any atom is 0.244 e. The Morgan fingerprint density at radius 2 is 2.14 bits per heavy atom. The van der Waals surface area contributed by atoms with Gasteiger partial charge >= 0.3 is 0 Å². The summed E-state index contributed by atoms with van der Waals surface area (Å²) in [7, 11) is 1.52. The minimum atomic E-state index is -0.329. The van der Waals surface area contributed by atoms with Crippen molar-refractivity contribution in [2.24, 2.45) is 10.9 Å². The third kappa shape index (κ3) is 3.47. The maximum absolute atomic E-state index is 13.2. The van der Waals surface area contributed by atoms with Crippen molar-refractivity contribution < 1.29 is 14.3 Å². The van der Waals surface area contributed by atoms with Gasteiger partial charge in [-0.25, -0.2) is 0 Å². The second-order valence-corrected chi connectivity index (χ2v) is 7.29. The molecule has 1 unspecified atom stereocenters. The zero-order valence-corrected chi connectivity index (χ0v) is 16.2. The Kier molecular flexibility index (Phi) is 5.05. The Hall–Kier alpha value is -2.86. The van der Waals surface area contributed by atoms with Gasteiger partial charge in [-0.1, -0.05) is 23.7 Å². The highest BCUT2D eigenvalue weighted by Crippen LogP contribution is 2.38. The number of anilines is 2. The van der Waals surface area contributed by atoms with Gasteiger partial charge in [0.05, 0.1) is 30.1 Å². The molecule has 2 aliphatic rings. The van der Waals surface area contributed by atoms with E-state index in [1.807, 2.05) is 24.3 Å². The summed E-state index contributed by atoms with van der Waals surface area (Å²) in [4.78, 5) is 32.2. The number of aliphatic imine (C=N–C) groups is 1. The standard InChI is InChI=1S/C21H20ClN3O3/c1-28-19-10-9-13(22)11-17(19)24-20(26)12-25-18-8-3-2-6-16(18)23-15-7-4-5-14(15)21(25)27/h2-3,6,8-11,14H,4-5,7,12H2,1H3,(H,24,26). The lowest BCUT2D eigenvalue weighted by atomic mass is 10.1. The van der Waals surface area contributed by atoms with E-state index in [1.54, 1.807) is 18.2 Å². The highest BCUT2D eigenvalue weighted by atomic mass is 35.5. The van der Waals surface area contributed by atoms with Gasteiger partial charge < -0.3 is 15.0 Å². The van der Waals surface area contributed by atoms with Crippen LogP contribution in [0.2, 0.25) is 5.02 Å². The number of nitrogens with zero attached hydrogens (tertiary/aromatic N) is 2. The van der Waals surface area contributed by atoms with Gasteiger partial charge in [0.1, 0.15) is 12.3 Å². The second-order valence-electron chi connectivity index (χ2n) is 6.85. The number of benzene rings is 2. The van der Waals surface area contributed by atoms with Crippen LogP contribution in [0.5, 0.6) is 5.75 Å². The van der Waals surface area contributed by atoms with Crippen LogP contribution in [0.4, 0.5) is 17.1 Å². The molecular weight excluding hydrogens is 378 g/mol. The molecule has 1 heterocycles. The Morgan fingerprint density at radius 3 is 2.96 bits per heavy atom. The molecule has 1 aliphatic carbocycles. The van der Waals surface area contributed by atoms with Crippen LogP contribution in [-0.4, -0.2) is 31.2 Å². The molecular formula is C21H20ClN3O3. The van der Waals surface area contributed by atoms with Gasteiger partial charge in [0.2, 0.25) is 11.8 Å². The highest BCUT2D eigenvalue weighted by molar-refractivity contribution is 6.31. The summed E-state index contributed by atoms with van der Waals surface area (Å²) in [5.41, 5.74) is 2.76. The van der Waals surface area contributed by atoms with Crippen molar-refractivity contribution >= 4 is 46.2 Å². The third-order valence-electron chi connectivity index (χ3n) is 5.07. The number of para-hydroxylation sites is 2. The number of fused-ring (bicyclic) bond motifs is 2. The predicted octanol–water partition coefficient (Wildman–Crippen LogP) is 4.21. The molecule has 4 rings (SSSR count). The summed E-state index contributed by atoms with van der Waals surface area (Å²) in [5, 5.41) is 3.28. The third-order valence-corrected chi connectivity index (χ3v) is 5.30. The SMILES string of the molecule is COc1ccc(Cl)cc1NC(=O)CN1C(=O)C2CCCC2=Nc2ccccc21. The fraction of sp³-hybridized carbons (Fsp3) is 0.286. The fourth-order valence-corrected chi connectivity index (χ4v) is 3.92. The minimum absolute atomic E-state index is 0.0746. The lowest BCUT2D eigenvalue weighted by Gasteiger charge is -2.24. The number of ether oxygens (including phenoxy) is 1. The summed E-state index contributed by atoms with van der Waals surface area (Å²) in [6, 6.07) is 12.4. The first-order valence-electron chi connectivity index (χ1n) is 9.18. The number of methoxy groups -OCH3 is 1. The first kappa shape index (κ1) is 18.5. The van der Waals surface area contributed by atoms with E-state index in [0.717, 1.165) is 30.7 Å². The van der Waals surface area contributed by atoms with Gasteiger partial charge in [-0.3, -0.25) is 14.6 Å². The zero-order valence-electron chi connectivity index (χ0n) is 15.4.